The summed E-state index contributed by atoms with van der Waals surface area (Å²) in [5, 5.41) is 9.10. The van der Waals surface area contributed by atoms with Crippen LogP contribution in [-0.2, 0) is 11.9 Å². The third-order valence-electron chi connectivity index (χ3n) is 3.45. The van der Waals surface area contributed by atoms with Crippen LogP contribution in [0, 0.1) is 0 Å². The summed E-state index contributed by atoms with van der Waals surface area (Å²) in [4.78, 5) is 0. The van der Waals surface area contributed by atoms with E-state index in [1.165, 1.54) is 23.9 Å². The maximum atomic E-state index is 12.5. The van der Waals surface area contributed by atoms with Crippen molar-refractivity contribution in [3.63, 3.8) is 0 Å². The molecule has 2 aromatic carbocycles. The molecule has 0 fully saturated rings. The second kappa shape index (κ2) is 7.58. The highest BCUT2D eigenvalue weighted by Gasteiger charge is 2.29. The molecule has 0 amide bonds. The average Bonchev–Trinajstić information content (AvgIpc) is 2.61. The predicted octanol–water partition coefficient (Wildman–Crippen LogP) is 6.22. The van der Waals surface area contributed by atoms with Gasteiger partial charge < -0.3 is 0 Å². The number of aromatic nitrogens is 2. The number of alkyl halides is 3. The second-order valence-corrected chi connectivity index (χ2v) is 7.16. The van der Waals surface area contributed by atoms with Crippen LogP contribution < -0.4 is 0 Å². The van der Waals surface area contributed by atoms with Gasteiger partial charge in [-0.05, 0) is 42.0 Å². The molecule has 7 heteroatoms. The van der Waals surface area contributed by atoms with Gasteiger partial charge in [0.05, 0.1) is 11.3 Å². The summed E-state index contributed by atoms with van der Waals surface area (Å²) in [7, 11) is 0. The molecule has 0 aliphatic heterocycles. The first kappa shape index (κ1) is 17.9. The van der Waals surface area contributed by atoms with Crippen LogP contribution >= 0.6 is 27.7 Å². The van der Waals surface area contributed by atoms with Gasteiger partial charge in [-0.25, -0.2) is 0 Å². The smallest absolute Gasteiger partial charge is 0.166 e. The molecule has 0 spiro atoms. The highest BCUT2D eigenvalue weighted by molar-refractivity contribution is 9.10. The largest absolute Gasteiger partial charge is 0.416 e. The number of hydrogen-bond donors (Lipinski definition) is 0. The zero-order valence-corrected chi connectivity index (χ0v) is 15.2. The van der Waals surface area contributed by atoms with Gasteiger partial charge in [0, 0.05) is 15.8 Å². The maximum absolute atomic E-state index is 12.5. The summed E-state index contributed by atoms with van der Waals surface area (Å²) >= 11 is 4.82. The third-order valence-corrected chi connectivity index (χ3v) is 4.97. The number of rotatable bonds is 4. The van der Waals surface area contributed by atoms with Gasteiger partial charge in [-0.3, -0.25) is 0 Å². The van der Waals surface area contributed by atoms with Crippen LogP contribution in [-0.4, -0.2) is 10.2 Å². The Labute approximate surface area is 155 Å². The molecule has 25 heavy (non-hydrogen) atoms. The minimum absolute atomic E-state index is 0.532. The molecule has 3 rings (SSSR count). The molecule has 0 saturated carbocycles. The van der Waals surface area contributed by atoms with Gasteiger partial charge in [0.15, 0.2) is 0 Å². The van der Waals surface area contributed by atoms with Crippen LogP contribution in [0.4, 0.5) is 13.2 Å². The van der Waals surface area contributed by atoms with Crippen molar-refractivity contribution in [3.05, 3.63) is 76.3 Å². The standard InChI is InChI=1S/C18H12BrF3N2S/c19-15-7-3-13(4-8-15)16-9-10-17(24-23-16)25-11-12-1-5-14(6-2-12)18(20,21)22/h1-10H,11H2. The van der Waals surface area contributed by atoms with Crippen molar-refractivity contribution in [2.75, 3.05) is 0 Å². The number of halogens is 4. The fourth-order valence-electron chi connectivity index (χ4n) is 2.12. The number of hydrogen-bond acceptors (Lipinski definition) is 3. The normalized spacial score (nSPS) is 11.5. The Hall–Kier alpha value is -1.86. The van der Waals surface area contributed by atoms with E-state index in [1.54, 1.807) is 0 Å². The number of thioether (sulfide) groups is 1. The van der Waals surface area contributed by atoms with Crippen molar-refractivity contribution >= 4 is 27.7 Å². The van der Waals surface area contributed by atoms with Gasteiger partial charge in [-0.15, -0.1) is 10.2 Å². The van der Waals surface area contributed by atoms with E-state index in [-0.39, 0.29) is 0 Å². The minimum Gasteiger partial charge on any atom is -0.166 e. The monoisotopic (exact) mass is 424 g/mol. The highest BCUT2D eigenvalue weighted by Crippen LogP contribution is 2.30. The van der Waals surface area contributed by atoms with Crippen molar-refractivity contribution in [2.45, 2.75) is 17.0 Å². The summed E-state index contributed by atoms with van der Waals surface area (Å²) in [5.74, 6) is 0.532. The minimum atomic E-state index is -4.31. The van der Waals surface area contributed by atoms with Crippen molar-refractivity contribution in [1.82, 2.24) is 10.2 Å². The topological polar surface area (TPSA) is 25.8 Å². The molecule has 0 aliphatic carbocycles. The SMILES string of the molecule is FC(F)(F)c1ccc(CSc2ccc(-c3ccc(Br)cc3)nn2)cc1. The molecule has 0 unspecified atom stereocenters. The molecule has 0 aliphatic rings. The molecule has 1 heterocycles. The number of nitrogens with zero attached hydrogens (tertiary/aromatic N) is 2. The van der Waals surface area contributed by atoms with Gasteiger partial charge in [-0.2, -0.15) is 13.2 Å². The van der Waals surface area contributed by atoms with Gasteiger partial charge >= 0.3 is 6.18 Å². The van der Waals surface area contributed by atoms with Crippen LogP contribution in [0.25, 0.3) is 11.3 Å². The quantitative estimate of drug-likeness (QED) is 0.465. The van der Waals surface area contributed by atoms with E-state index in [0.717, 1.165) is 38.5 Å². The Kier molecular flexibility index (Phi) is 5.44. The molecule has 0 atom stereocenters. The van der Waals surface area contributed by atoms with Crippen molar-refractivity contribution in [2.24, 2.45) is 0 Å². The first-order valence-corrected chi connectivity index (χ1v) is 9.08. The van der Waals surface area contributed by atoms with E-state index >= 15 is 0 Å². The van der Waals surface area contributed by atoms with E-state index in [0.29, 0.717) is 5.75 Å². The van der Waals surface area contributed by atoms with Crippen LogP contribution in [0.1, 0.15) is 11.1 Å². The molecule has 0 radical (unpaired) electrons. The zero-order valence-electron chi connectivity index (χ0n) is 12.8. The van der Waals surface area contributed by atoms with Gasteiger partial charge in [0.2, 0.25) is 0 Å². The zero-order chi connectivity index (χ0) is 17.9. The Morgan fingerprint density at radius 2 is 1.52 bits per heavy atom. The molecule has 128 valence electrons. The molecule has 3 aromatic rings. The van der Waals surface area contributed by atoms with E-state index in [4.69, 9.17) is 0 Å². The molecule has 1 aromatic heterocycles. The van der Waals surface area contributed by atoms with Gasteiger partial charge in [-0.1, -0.05) is 52.0 Å². The Balaban J connectivity index is 1.63. The van der Waals surface area contributed by atoms with E-state index < -0.39 is 11.7 Å². The lowest BCUT2D eigenvalue weighted by Crippen LogP contribution is -2.04. The first-order chi connectivity index (χ1) is 11.9. The fraction of sp³-hybridized carbons (Fsp3) is 0.111. The Bertz CT molecular complexity index is 832. The molecule has 0 saturated heterocycles. The second-order valence-electron chi connectivity index (χ2n) is 5.25. The predicted molar refractivity (Wildman–Crippen MR) is 96.2 cm³/mol. The highest BCUT2D eigenvalue weighted by atomic mass is 79.9. The fourth-order valence-corrected chi connectivity index (χ4v) is 3.15. The summed E-state index contributed by atoms with van der Waals surface area (Å²) < 4.78 is 38.6. The maximum Gasteiger partial charge on any atom is 0.416 e. The average molecular weight is 425 g/mol. The van der Waals surface area contributed by atoms with Crippen molar-refractivity contribution in [1.29, 1.82) is 0 Å². The molecular weight excluding hydrogens is 413 g/mol. The van der Waals surface area contributed by atoms with Crippen LogP contribution in [0.2, 0.25) is 0 Å². The van der Waals surface area contributed by atoms with Crippen LogP contribution in [0.5, 0.6) is 0 Å². The van der Waals surface area contributed by atoms with Gasteiger partial charge in [0.1, 0.15) is 5.03 Å². The van der Waals surface area contributed by atoms with E-state index in [1.807, 2.05) is 36.4 Å². The molecule has 0 bridgehead atoms. The molecule has 0 N–H and O–H groups in total. The van der Waals surface area contributed by atoms with Gasteiger partial charge in [0.25, 0.3) is 0 Å². The van der Waals surface area contributed by atoms with E-state index in [9.17, 15) is 13.2 Å². The molecule has 2 nitrogen and oxygen atoms in total. The lowest BCUT2D eigenvalue weighted by molar-refractivity contribution is -0.137. The van der Waals surface area contributed by atoms with Crippen molar-refractivity contribution < 1.29 is 13.2 Å². The number of benzene rings is 2. The first-order valence-electron chi connectivity index (χ1n) is 7.30. The lowest BCUT2D eigenvalue weighted by atomic mass is 10.1. The third kappa shape index (κ3) is 4.83. The van der Waals surface area contributed by atoms with Crippen LogP contribution in [0.15, 0.2) is 70.2 Å². The summed E-state index contributed by atoms with van der Waals surface area (Å²) in [6.07, 6.45) is -4.31. The Morgan fingerprint density at radius 3 is 2.08 bits per heavy atom. The van der Waals surface area contributed by atoms with Crippen LogP contribution in [0.3, 0.4) is 0 Å². The summed E-state index contributed by atoms with van der Waals surface area (Å²) in [6.45, 7) is 0. The Morgan fingerprint density at radius 1 is 0.840 bits per heavy atom. The van der Waals surface area contributed by atoms with Crippen molar-refractivity contribution in [3.8, 4) is 11.3 Å². The van der Waals surface area contributed by atoms with E-state index in [2.05, 4.69) is 26.1 Å². The summed E-state index contributed by atoms with van der Waals surface area (Å²) in [5.41, 5.74) is 1.90. The lowest BCUT2D eigenvalue weighted by Gasteiger charge is -2.07. The molecular formula is C18H12BrF3N2S. The summed E-state index contributed by atoms with van der Waals surface area (Å²) in [6, 6.07) is 16.7.